The standard InChI is InChI=1S/C13H18N2O/c1-15-9-10(4-3-7-14)12-8-11(16-2)5-6-13(12)15/h5-6,8-9H,3-4,7,14H2,1-2H3. The molecule has 86 valence electrons. The third kappa shape index (κ3) is 1.91. The molecule has 0 bridgehead atoms. The van der Waals surface area contributed by atoms with Crippen molar-refractivity contribution in [3.63, 3.8) is 0 Å². The fourth-order valence-corrected chi connectivity index (χ4v) is 2.07. The molecular formula is C13H18N2O. The summed E-state index contributed by atoms with van der Waals surface area (Å²) in [4.78, 5) is 0. The van der Waals surface area contributed by atoms with Crippen LogP contribution in [0.1, 0.15) is 12.0 Å². The molecule has 2 N–H and O–H groups in total. The van der Waals surface area contributed by atoms with Crippen LogP contribution in [0.2, 0.25) is 0 Å². The van der Waals surface area contributed by atoms with E-state index in [0.717, 1.165) is 25.1 Å². The Morgan fingerprint density at radius 3 is 2.88 bits per heavy atom. The van der Waals surface area contributed by atoms with Crippen LogP contribution in [-0.4, -0.2) is 18.2 Å². The highest BCUT2D eigenvalue weighted by Gasteiger charge is 2.07. The molecule has 3 heteroatoms. The van der Waals surface area contributed by atoms with E-state index in [-0.39, 0.29) is 0 Å². The van der Waals surface area contributed by atoms with Gasteiger partial charge in [-0.25, -0.2) is 0 Å². The van der Waals surface area contributed by atoms with E-state index in [9.17, 15) is 0 Å². The zero-order valence-corrected chi connectivity index (χ0v) is 9.86. The van der Waals surface area contributed by atoms with Crippen LogP contribution in [0.25, 0.3) is 10.9 Å². The topological polar surface area (TPSA) is 40.2 Å². The second kappa shape index (κ2) is 4.58. The fraction of sp³-hybridized carbons (Fsp3) is 0.385. The molecule has 0 aliphatic rings. The predicted octanol–water partition coefficient (Wildman–Crippen LogP) is 2.08. The molecule has 0 fully saturated rings. The first-order valence-corrected chi connectivity index (χ1v) is 5.58. The highest BCUT2D eigenvalue weighted by atomic mass is 16.5. The summed E-state index contributed by atoms with van der Waals surface area (Å²) >= 11 is 0. The van der Waals surface area contributed by atoms with Crippen molar-refractivity contribution in [2.45, 2.75) is 12.8 Å². The molecule has 0 saturated heterocycles. The van der Waals surface area contributed by atoms with Gasteiger partial charge in [-0.2, -0.15) is 0 Å². The van der Waals surface area contributed by atoms with Gasteiger partial charge in [0.1, 0.15) is 5.75 Å². The van der Waals surface area contributed by atoms with Crippen LogP contribution in [-0.2, 0) is 13.5 Å². The number of fused-ring (bicyclic) bond motifs is 1. The number of methoxy groups -OCH3 is 1. The lowest BCUT2D eigenvalue weighted by Gasteiger charge is -2.01. The Kier molecular flexibility index (Phi) is 3.15. The first-order chi connectivity index (χ1) is 7.76. The molecule has 1 aromatic carbocycles. The van der Waals surface area contributed by atoms with Crippen molar-refractivity contribution in [3.8, 4) is 5.75 Å². The Morgan fingerprint density at radius 2 is 2.19 bits per heavy atom. The minimum Gasteiger partial charge on any atom is -0.497 e. The summed E-state index contributed by atoms with van der Waals surface area (Å²) in [6, 6.07) is 6.19. The molecule has 0 unspecified atom stereocenters. The third-order valence-corrected chi connectivity index (χ3v) is 2.93. The van der Waals surface area contributed by atoms with E-state index >= 15 is 0 Å². The van der Waals surface area contributed by atoms with Crippen molar-refractivity contribution >= 4 is 10.9 Å². The molecule has 1 aromatic heterocycles. The Morgan fingerprint density at radius 1 is 1.38 bits per heavy atom. The van der Waals surface area contributed by atoms with Gasteiger partial charge in [-0.05, 0) is 43.1 Å². The van der Waals surface area contributed by atoms with Gasteiger partial charge < -0.3 is 15.0 Å². The van der Waals surface area contributed by atoms with E-state index in [1.165, 1.54) is 16.5 Å². The third-order valence-electron chi connectivity index (χ3n) is 2.93. The molecule has 0 radical (unpaired) electrons. The fourth-order valence-electron chi connectivity index (χ4n) is 2.07. The van der Waals surface area contributed by atoms with Gasteiger partial charge in [0.25, 0.3) is 0 Å². The maximum atomic E-state index is 5.55. The van der Waals surface area contributed by atoms with Crippen LogP contribution in [0, 0.1) is 0 Å². The van der Waals surface area contributed by atoms with Gasteiger partial charge in [0.2, 0.25) is 0 Å². The lowest BCUT2D eigenvalue weighted by molar-refractivity contribution is 0.415. The number of nitrogens with two attached hydrogens (primary N) is 1. The number of ether oxygens (including phenoxy) is 1. The average molecular weight is 218 g/mol. The minimum absolute atomic E-state index is 0.736. The summed E-state index contributed by atoms with van der Waals surface area (Å²) in [5.74, 6) is 0.910. The molecule has 2 aromatic rings. The van der Waals surface area contributed by atoms with E-state index in [1.54, 1.807) is 7.11 Å². The van der Waals surface area contributed by atoms with Crippen LogP contribution in [0.15, 0.2) is 24.4 Å². The Hall–Kier alpha value is -1.48. The maximum Gasteiger partial charge on any atom is 0.119 e. The first kappa shape index (κ1) is 11.0. The molecule has 0 aliphatic heterocycles. The van der Waals surface area contributed by atoms with Crippen molar-refractivity contribution in [2.75, 3.05) is 13.7 Å². The van der Waals surface area contributed by atoms with Crippen molar-refractivity contribution in [3.05, 3.63) is 30.0 Å². The highest BCUT2D eigenvalue weighted by Crippen LogP contribution is 2.26. The minimum atomic E-state index is 0.736. The maximum absolute atomic E-state index is 5.55. The van der Waals surface area contributed by atoms with E-state index in [2.05, 4.69) is 29.9 Å². The van der Waals surface area contributed by atoms with E-state index in [1.807, 2.05) is 6.07 Å². The van der Waals surface area contributed by atoms with Crippen molar-refractivity contribution < 1.29 is 4.74 Å². The van der Waals surface area contributed by atoms with Gasteiger partial charge in [-0.1, -0.05) is 0 Å². The van der Waals surface area contributed by atoms with Crippen molar-refractivity contribution in [1.29, 1.82) is 0 Å². The molecule has 0 atom stereocenters. The number of benzene rings is 1. The normalized spacial score (nSPS) is 10.9. The molecule has 2 rings (SSSR count). The first-order valence-electron chi connectivity index (χ1n) is 5.58. The average Bonchev–Trinajstić information content (AvgIpc) is 2.63. The van der Waals surface area contributed by atoms with E-state index in [4.69, 9.17) is 10.5 Å². The second-order valence-corrected chi connectivity index (χ2v) is 4.04. The van der Waals surface area contributed by atoms with Gasteiger partial charge in [-0.3, -0.25) is 0 Å². The molecule has 3 nitrogen and oxygen atoms in total. The Bertz CT molecular complexity index is 488. The van der Waals surface area contributed by atoms with E-state index < -0.39 is 0 Å². The van der Waals surface area contributed by atoms with Crippen LogP contribution < -0.4 is 10.5 Å². The summed E-state index contributed by atoms with van der Waals surface area (Å²) < 4.78 is 7.41. The van der Waals surface area contributed by atoms with Crippen LogP contribution in [0.4, 0.5) is 0 Å². The number of aromatic nitrogens is 1. The highest BCUT2D eigenvalue weighted by molar-refractivity contribution is 5.85. The Labute approximate surface area is 95.8 Å². The molecule has 16 heavy (non-hydrogen) atoms. The number of nitrogens with zero attached hydrogens (tertiary/aromatic N) is 1. The summed E-state index contributed by atoms with van der Waals surface area (Å²) in [5.41, 5.74) is 8.14. The second-order valence-electron chi connectivity index (χ2n) is 4.04. The Balaban J connectivity index is 2.47. The number of hydrogen-bond acceptors (Lipinski definition) is 2. The van der Waals surface area contributed by atoms with Gasteiger partial charge in [-0.15, -0.1) is 0 Å². The molecule has 0 aliphatic carbocycles. The zero-order chi connectivity index (χ0) is 11.5. The number of aryl methyl sites for hydroxylation is 2. The molecule has 1 heterocycles. The van der Waals surface area contributed by atoms with Gasteiger partial charge >= 0.3 is 0 Å². The molecule has 0 spiro atoms. The molecule has 0 saturated carbocycles. The summed E-state index contributed by atoms with van der Waals surface area (Å²) in [5, 5.41) is 1.27. The van der Waals surface area contributed by atoms with E-state index in [0.29, 0.717) is 0 Å². The van der Waals surface area contributed by atoms with Gasteiger partial charge in [0.15, 0.2) is 0 Å². The summed E-state index contributed by atoms with van der Waals surface area (Å²) in [7, 11) is 3.77. The monoisotopic (exact) mass is 218 g/mol. The van der Waals surface area contributed by atoms with Crippen LogP contribution in [0.3, 0.4) is 0 Å². The summed E-state index contributed by atoms with van der Waals surface area (Å²) in [6.07, 6.45) is 4.23. The largest absolute Gasteiger partial charge is 0.497 e. The quantitative estimate of drug-likeness (QED) is 0.853. The number of hydrogen-bond donors (Lipinski definition) is 1. The van der Waals surface area contributed by atoms with Crippen LogP contribution in [0.5, 0.6) is 5.75 Å². The summed E-state index contributed by atoms with van der Waals surface area (Å²) in [6.45, 7) is 0.736. The van der Waals surface area contributed by atoms with Gasteiger partial charge in [0.05, 0.1) is 7.11 Å². The lowest BCUT2D eigenvalue weighted by atomic mass is 10.1. The number of rotatable bonds is 4. The van der Waals surface area contributed by atoms with Crippen molar-refractivity contribution in [2.24, 2.45) is 12.8 Å². The van der Waals surface area contributed by atoms with Crippen molar-refractivity contribution in [1.82, 2.24) is 4.57 Å². The molecular weight excluding hydrogens is 200 g/mol. The van der Waals surface area contributed by atoms with Gasteiger partial charge in [0, 0.05) is 24.1 Å². The molecule has 0 amide bonds. The van der Waals surface area contributed by atoms with Crippen LogP contribution >= 0.6 is 0 Å². The SMILES string of the molecule is COc1ccc2c(c1)c(CCCN)cn2C. The smallest absolute Gasteiger partial charge is 0.119 e. The lowest BCUT2D eigenvalue weighted by Crippen LogP contribution is -1.99. The predicted molar refractivity (Wildman–Crippen MR) is 66.8 cm³/mol. The zero-order valence-electron chi connectivity index (χ0n) is 9.86.